The second-order valence-electron chi connectivity index (χ2n) is 5.63. The van der Waals surface area contributed by atoms with Gasteiger partial charge in [0.05, 0.1) is 10.7 Å². The highest BCUT2D eigenvalue weighted by Gasteiger charge is 2.22. The molecule has 6 nitrogen and oxygen atoms in total. The van der Waals surface area contributed by atoms with E-state index in [1.54, 1.807) is 19.2 Å². The Hall–Kier alpha value is -1.35. The van der Waals surface area contributed by atoms with Crippen LogP contribution < -0.4 is 10.5 Å². The molecule has 0 radical (unpaired) electrons. The third-order valence-corrected chi connectivity index (χ3v) is 6.66. The summed E-state index contributed by atoms with van der Waals surface area (Å²) in [7, 11) is -3.89. The highest BCUT2D eigenvalue weighted by molar-refractivity contribution is 7.93. The van der Waals surface area contributed by atoms with Crippen molar-refractivity contribution >= 4 is 55.6 Å². The van der Waals surface area contributed by atoms with E-state index in [1.165, 1.54) is 12.1 Å². The highest BCUT2D eigenvalue weighted by atomic mass is 35.5. The second-order valence-corrected chi connectivity index (χ2v) is 8.95. The van der Waals surface area contributed by atoms with Crippen molar-refractivity contribution in [3.8, 4) is 0 Å². The molecule has 25 heavy (non-hydrogen) atoms. The summed E-state index contributed by atoms with van der Waals surface area (Å²) >= 11 is 13.1. The first-order chi connectivity index (χ1) is 11.6. The molecule has 0 aliphatic heterocycles. The number of hydrogen-bond acceptors (Lipinski definition) is 5. The fourth-order valence-corrected chi connectivity index (χ4v) is 5.36. The van der Waals surface area contributed by atoms with Gasteiger partial charge in [0.25, 0.3) is 10.0 Å². The van der Waals surface area contributed by atoms with Crippen LogP contribution in [0, 0.1) is 12.8 Å². The van der Waals surface area contributed by atoms with Crippen LogP contribution in [0.2, 0.25) is 10.0 Å². The minimum absolute atomic E-state index is 0.0299. The van der Waals surface area contributed by atoms with Crippen molar-refractivity contribution in [2.45, 2.75) is 31.6 Å². The number of rotatable bonds is 7. The van der Waals surface area contributed by atoms with Gasteiger partial charge in [-0.3, -0.25) is 9.52 Å². The zero-order valence-electron chi connectivity index (χ0n) is 13.5. The number of amides is 1. The number of benzene rings is 1. The maximum absolute atomic E-state index is 12.6. The molecule has 3 N–H and O–H groups in total. The van der Waals surface area contributed by atoms with Crippen LogP contribution >= 0.6 is 34.5 Å². The van der Waals surface area contributed by atoms with Gasteiger partial charge in [-0.15, -0.1) is 11.3 Å². The third kappa shape index (κ3) is 5.07. The first-order valence-corrected chi connectivity index (χ1v) is 10.4. The van der Waals surface area contributed by atoms with E-state index >= 15 is 0 Å². The zero-order chi connectivity index (χ0) is 18.8. The van der Waals surface area contributed by atoms with Gasteiger partial charge in [0.2, 0.25) is 5.91 Å². The molecule has 136 valence electrons. The first kappa shape index (κ1) is 20.0. The van der Waals surface area contributed by atoms with Crippen LogP contribution in [-0.2, 0) is 21.2 Å². The molecule has 0 saturated heterocycles. The van der Waals surface area contributed by atoms with Gasteiger partial charge in [0.15, 0.2) is 5.13 Å². The van der Waals surface area contributed by atoms with E-state index in [0.29, 0.717) is 29.1 Å². The average molecular weight is 422 g/mol. The van der Waals surface area contributed by atoms with Crippen molar-refractivity contribution in [3.05, 3.63) is 38.8 Å². The first-order valence-electron chi connectivity index (χ1n) is 7.32. The maximum Gasteiger partial charge on any atom is 0.265 e. The largest absolute Gasteiger partial charge is 0.369 e. The molecule has 0 fully saturated rings. The van der Waals surface area contributed by atoms with Gasteiger partial charge < -0.3 is 5.73 Å². The second kappa shape index (κ2) is 7.90. The fraction of sp³-hybridized carbons (Fsp3) is 0.333. The number of sulfonamides is 1. The van der Waals surface area contributed by atoms with Crippen molar-refractivity contribution in [2.24, 2.45) is 11.7 Å². The van der Waals surface area contributed by atoms with Crippen molar-refractivity contribution in [3.63, 3.8) is 0 Å². The number of carbonyl (C=O) groups excluding carboxylic acids is 1. The Labute approximate surface area is 160 Å². The summed E-state index contributed by atoms with van der Waals surface area (Å²) in [5.41, 5.74) is 6.35. The van der Waals surface area contributed by atoms with Gasteiger partial charge >= 0.3 is 0 Å². The molecule has 0 aliphatic carbocycles. The van der Waals surface area contributed by atoms with Gasteiger partial charge in [-0.25, -0.2) is 13.4 Å². The number of nitrogens with two attached hydrogens (primary N) is 1. The number of carbonyl (C=O) groups is 1. The Balaban J connectivity index is 2.16. The molecule has 2 rings (SSSR count). The topological polar surface area (TPSA) is 102 Å². The van der Waals surface area contributed by atoms with Crippen molar-refractivity contribution in [1.82, 2.24) is 4.98 Å². The van der Waals surface area contributed by atoms with Crippen molar-refractivity contribution in [1.29, 1.82) is 0 Å². The van der Waals surface area contributed by atoms with Crippen molar-refractivity contribution in [2.75, 3.05) is 4.72 Å². The van der Waals surface area contributed by atoms with Crippen LogP contribution in [0.4, 0.5) is 5.13 Å². The number of halogens is 2. The Bertz CT molecular complexity index is 874. The highest BCUT2D eigenvalue weighted by Crippen LogP contribution is 2.31. The normalized spacial score (nSPS) is 12.8. The lowest BCUT2D eigenvalue weighted by molar-refractivity contribution is -0.121. The predicted octanol–water partition coefficient (Wildman–Crippen LogP) is 3.61. The van der Waals surface area contributed by atoms with Gasteiger partial charge in [-0.2, -0.15) is 0 Å². The maximum atomic E-state index is 12.6. The van der Waals surface area contributed by atoms with Crippen LogP contribution in [0.15, 0.2) is 22.4 Å². The van der Waals surface area contributed by atoms with Crippen LogP contribution in [0.3, 0.4) is 0 Å². The summed E-state index contributed by atoms with van der Waals surface area (Å²) in [4.78, 5) is 15.3. The lowest BCUT2D eigenvalue weighted by Gasteiger charge is -2.10. The summed E-state index contributed by atoms with van der Waals surface area (Å²) in [6, 6.07) is 2.91. The van der Waals surface area contributed by atoms with Crippen LogP contribution in [0.25, 0.3) is 0 Å². The van der Waals surface area contributed by atoms with E-state index in [0.717, 1.165) is 11.3 Å². The molecule has 1 heterocycles. The Morgan fingerprint density at radius 3 is 2.68 bits per heavy atom. The molecular weight excluding hydrogens is 405 g/mol. The monoisotopic (exact) mass is 421 g/mol. The number of aromatic nitrogens is 1. The summed E-state index contributed by atoms with van der Waals surface area (Å²) in [5.74, 6) is -0.638. The smallest absolute Gasteiger partial charge is 0.265 e. The molecule has 0 bridgehead atoms. The van der Waals surface area contributed by atoms with Gasteiger partial charge in [-0.1, -0.05) is 30.1 Å². The molecule has 1 aromatic heterocycles. The lowest BCUT2D eigenvalue weighted by Crippen LogP contribution is -2.20. The summed E-state index contributed by atoms with van der Waals surface area (Å²) in [6.07, 6.45) is 1.08. The number of primary amides is 1. The molecule has 1 unspecified atom stereocenters. The Morgan fingerprint density at radius 2 is 2.08 bits per heavy atom. The van der Waals surface area contributed by atoms with Crippen LogP contribution in [-0.4, -0.2) is 19.3 Å². The molecule has 0 saturated carbocycles. The van der Waals surface area contributed by atoms with E-state index in [9.17, 15) is 13.2 Å². The van der Waals surface area contributed by atoms with Crippen LogP contribution in [0.5, 0.6) is 0 Å². The molecule has 0 aliphatic rings. The van der Waals surface area contributed by atoms with Gasteiger partial charge in [0.1, 0.15) is 4.90 Å². The predicted molar refractivity (Wildman–Crippen MR) is 101 cm³/mol. The number of nitrogens with zero attached hydrogens (tertiary/aromatic N) is 1. The molecular formula is C15H17Cl2N3O3S2. The molecule has 1 atom stereocenters. The van der Waals surface area contributed by atoms with E-state index in [-0.39, 0.29) is 26.9 Å². The average Bonchev–Trinajstić information content (AvgIpc) is 2.89. The van der Waals surface area contributed by atoms with E-state index in [4.69, 9.17) is 28.9 Å². The standard InChI is InChI=1S/C15H17Cl2N3O3S2/c1-8(14(18)21)3-4-11-7-24-15(19-11)20-25(22,23)13-9(2)5-10(16)6-12(13)17/h5-8H,3-4H2,1-2H3,(H2,18,21)(H,19,20). The summed E-state index contributed by atoms with van der Waals surface area (Å²) in [5, 5.41) is 2.38. The zero-order valence-corrected chi connectivity index (χ0v) is 16.7. The molecule has 1 aromatic carbocycles. The van der Waals surface area contributed by atoms with E-state index in [1.807, 2.05) is 0 Å². The van der Waals surface area contributed by atoms with Gasteiger partial charge in [-0.05, 0) is 37.5 Å². The number of nitrogens with one attached hydrogen (secondary N) is 1. The van der Waals surface area contributed by atoms with E-state index in [2.05, 4.69) is 9.71 Å². The minimum atomic E-state index is -3.89. The number of aryl methyl sites for hydroxylation is 2. The lowest BCUT2D eigenvalue weighted by atomic mass is 10.0. The Morgan fingerprint density at radius 1 is 1.40 bits per heavy atom. The summed E-state index contributed by atoms with van der Waals surface area (Å²) in [6.45, 7) is 3.36. The number of thiazole rings is 1. The molecule has 0 spiro atoms. The van der Waals surface area contributed by atoms with Crippen LogP contribution in [0.1, 0.15) is 24.6 Å². The SMILES string of the molecule is Cc1cc(Cl)cc(Cl)c1S(=O)(=O)Nc1nc(CCC(C)C(N)=O)cs1. The third-order valence-electron chi connectivity index (χ3n) is 3.56. The Kier molecular flexibility index (Phi) is 6.31. The number of hydrogen-bond donors (Lipinski definition) is 2. The summed E-state index contributed by atoms with van der Waals surface area (Å²) < 4.78 is 27.6. The fourth-order valence-electron chi connectivity index (χ4n) is 2.17. The molecule has 2 aromatic rings. The molecule has 1 amide bonds. The quantitative estimate of drug-likeness (QED) is 0.712. The minimum Gasteiger partial charge on any atom is -0.369 e. The molecule has 10 heteroatoms. The number of anilines is 1. The van der Waals surface area contributed by atoms with Crippen molar-refractivity contribution < 1.29 is 13.2 Å². The van der Waals surface area contributed by atoms with Gasteiger partial charge in [0, 0.05) is 16.3 Å². The van der Waals surface area contributed by atoms with E-state index < -0.39 is 10.0 Å².